The lowest BCUT2D eigenvalue weighted by molar-refractivity contribution is 0.377. The van der Waals surface area contributed by atoms with Crippen LogP contribution in [0.1, 0.15) is 25.3 Å². The second-order valence-corrected chi connectivity index (χ2v) is 5.04. The molecule has 2 nitrogen and oxygen atoms in total. The van der Waals surface area contributed by atoms with Crippen molar-refractivity contribution in [2.75, 3.05) is 6.54 Å². The Labute approximate surface area is 101 Å². The van der Waals surface area contributed by atoms with Crippen molar-refractivity contribution >= 4 is 15.9 Å². The largest absolute Gasteiger partial charge is 0.507 e. The summed E-state index contributed by atoms with van der Waals surface area (Å²) in [5.41, 5.74) is -0.695. The number of hydrogen-bond acceptors (Lipinski definition) is 2. The summed E-state index contributed by atoms with van der Waals surface area (Å²) < 4.78 is 27.6. The van der Waals surface area contributed by atoms with Crippen LogP contribution in [-0.2, 0) is 5.54 Å². The number of phenolic OH excluding ortho intramolecular Hbond substituents is 1. The van der Waals surface area contributed by atoms with E-state index in [2.05, 4.69) is 21.2 Å². The van der Waals surface area contributed by atoms with E-state index in [0.29, 0.717) is 6.42 Å². The number of phenols is 1. The highest BCUT2D eigenvalue weighted by Crippen LogP contribution is 2.39. The first-order valence-corrected chi connectivity index (χ1v) is 5.87. The average molecular weight is 292 g/mol. The molecule has 1 atom stereocenters. The standard InChI is InChI=1S/C11H12BrF2NO/c1-11(3-2-4-15-11)8-6(13)5-7(16)9(12)10(8)14/h5,15-16H,2-4H2,1H3. The molecule has 0 aliphatic carbocycles. The third-order valence-electron chi connectivity index (χ3n) is 3.06. The topological polar surface area (TPSA) is 32.3 Å². The van der Waals surface area contributed by atoms with Gasteiger partial charge < -0.3 is 10.4 Å². The van der Waals surface area contributed by atoms with E-state index in [1.54, 1.807) is 6.92 Å². The second kappa shape index (κ2) is 3.96. The highest BCUT2D eigenvalue weighted by Gasteiger charge is 2.36. The molecule has 1 aliphatic heterocycles. The average Bonchev–Trinajstić information content (AvgIpc) is 2.62. The summed E-state index contributed by atoms with van der Waals surface area (Å²) in [5, 5.41) is 12.4. The van der Waals surface area contributed by atoms with Crippen LogP contribution < -0.4 is 5.32 Å². The lowest BCUT2D eigenvalue weighted by atomic mass is 9.89. The Morgan fingerprint density at radius 1 is 1.50 bits per heavy atom. The summed E-state index contributed by atoms with van der Waals surface area (Å²) in [6.07, 6.45) is 1.56. The van der Waals surface area contributed by atoms with Gasteiger partial charge in [-0.2, -0.15) is 0 Å². The second-order valence-electron chi connectivity index (χ2n) is 4.24. The highest BCUT2D eigenvalue weighted by atomic mass is 79.9. The van der Waals surface area contributed by atoms with Gasteiger partial charge in [-0.3, -0.25) is 0 Å². The van der Waals surface area contributed by atoms with Crippen molar-refractivity contribution in [3.05, 3.63) is 27.7 Å². The van der Waals surface area contributed by atoms with Gasteiger partial charge in [-0.25, -0.2) is 8.78 Å². The normalized spacial score (nSPS) is 25.0. The molecule has 1 aliphatic rings. The number of hydrogen-bond donors (Lipinski definition) is 2. The van der Waals surface area contributed by atoms with E-state index >= 15 is 0 Å². The van der Waals surface area contributed by atoms with Crippen LogP contribution in [0.15, 0.2) is 10.5 Å². The number of nitrogens with one attached hydrogen (secondary N) is 1. The number of rotatable bonds is 1. The fourth-order valence-electron chi connectivity index (χ4n) is 2.20. The first-order valence-electron chi connectivity index (χ1n) is 5.08. The van der Waals surface area contributed by atoms with E-state index in [0.717, 1.165) is 19.0 Å². The van der Waals surface area contributed by atoms with Crippen LogP contribution in [0.4, 0.5) is 8.78 Å². The maximum Gasteiger partial charge on any atom is 0.149 e. The lowest BCUT2D eigenvalue weighted by Crippen LogP contribution is -2.35. The van der Waals surface area contributed by atoms with Gasteiger partial charge in [0.15, 0.2) is 0 Å². The molecule has 1 unspecified atom stereocenters. The van der Waals surface area contributed by atoms with Gasteiger partial charge >= 0.3 is 0 Å². The lowest BCUT2D eigenvalue weighted by Gasteiger charge is -2.26. The summed E-state index contributed by atoms with van der Waals surface area (Å²) in [6, 6.07) is 0.938. The molecule has 5 heteroatoms. The minimum atomic E-state index is -0.727. The maximum absolute atomic E-state index is 13.9. The Morgan fingerprint density at radius 3 is 2.75 bits per heavy atom. The van der Waals surface area contributed by atoms with E-state index in [1.165, 1.54) is 0 Å². The molecule has 2 rings (SSSR count). The summed E-state index contributed by atoms with van der Waals surface area (Å²) in [7, 11) is 0. The van der Waals surface area contributed by atoms with E-state index in [4.69, 9.17) is 0 Å². The van der Waals surface area contributed by atoms with Crippen LogP contribution in [0.3, 0.4) is 0 Å². The van der Waals surface area contributed by atoms with Crippen LogP contribution >= 0.6 is 15.9 Å². The third-order valence-corrected chi connectivity index (χ3v) is 3.81. The molecule has 1 saturated heterocycles. The Morgan fingerprint density at radius 2 is 2.19 bits per heavy atom. The summed E-state index contributed by atoms with van der Waals surface area (Å²) in [4.78, 5) is 0. The monoisotopic (exact) mass is 291 g/mol. The van der Waals surface area contributed by atoms with Crippen LogP contribution in [0.2, 0.25) is 0 Å². The molecular weight excluding hydrogens is 280 g/mol. The Balaban J connectivity index is 2.60. The van der Waals surface area contributed by atoms with Gasteiger partial charge in [-0.05, 0) is 42.2 Å². The summed E-state index contributed by atoms with van der Waals surface area (Å²) >= 11 is 2.92. The first-order chi connectivity index (χ1) is 7.46. The molecule has 0 spiro atoms. The molecule has 0 bridgehead atoms. The molecular formula is C11H12BrF2NO. The van der Waals surface area contributed by atoms with Gasteiger partial charge in [0, 0.05) is 17.2 Å². The van der Waals surface area contributed by atoms with Crippen molar-refractivity contribution in [3.8, 4) is 5.75 Å². The highest BCUT2D eigenvalue weighted by molar-refractivity contribution is 9.10. The molecule has 88 valence electrons. The first kappa shape index (κ1) is 11.8. The Bertz CT molecular complexity index is 430. The van der Waals surface area contributed by atoms with E-state index in [-0.39, 0.29) is 10.0 Å². The predicted molar refractivity (Wildman–Crippen MR) is 60.3 cm³/mol. The Hall–Kier alpha value is -0.680. The summed E-state index contributed by atoms with van der Waals surface area (Å²) in [6.45, 7) is 2.51. The molecule has 1 aromatic rings. The quantitative estimate of drug-likeness (QED) is 0.780. The zero-order chi connectivity index (χ0) is 11.9. The molecule has 2 N–H and O–H groups in total. The van der Waals surface area contributed by atoms with Crippen LogP contribution in [0.25, 0.3) is 0 Å². The molecule has 0 aromatic heterocycles. The molecule has 1 aromatic carbocycles. The van der Waals surface area contributed by atoms with Gasteiger partial charge in [-0.1, -0.05) is 0 Å². The molecule has 16 heavy (non-hydrogen) atoms. The summed E-state index contributed by atoms with van der Waals surface area (Å²) in [5.74, 6) is -1.86. The van der Waals surface area contributed by atoms with Gasteiger partial charge in [0.05, 0.1) is 4.47 Å². The molecule has 0 radical (unpaired) electrons. The van der Waals surface area contributed by atoms with Crippen molar-refractivity contribution in [2.24, 2.45) is 0 Å². The van der Waals surface area contributed by atoms with Crippen molar-refractivity contribution in [2.45, 2.75) is 25.3 Å². The van der Waals surface area contributed by atoms with E-state index < -0.39 is 22.9 Å². The van der Waals surface area contributed by atoms with E-state index in [9.17, 15) is 13.9 Å². The van der Waals surface area contributed by atoms with Crippen LogP contribution in [0, 0.1) is 11.6 Å². The molecule has 1 fully saturated rings. The molecule has 0 amide bonds. The zero-order valence-corrected chi connectivity index (χ0v) is 10.4. The van der Waals surface area contributed by atoms with Gasteiger partial charge in [0.2, 0.25) is 0 Å². The van der Waals surface area contributed by atoms with Crippen LogP contribution in [-0.4, -0.2) is 11.7 Å². The van der Waals surface area contributed by atoms with Gasteiger partial charge in [-0.15, -0.1) is 0 Å². The van der Waals surface area contributed by atoms with Crippen LogP contribution in [0.5, 0.6) is 5.75 Å². The van der Waals surface area contributed by atoms with Crippen molar-refractivity contribution in [3.63, 3.8) is 0 Å². The Kier molecular flexibility index (Phi) is 2.92. The van der Waals surface area contributed by atoms with Gasteiger partial charge in [0.25, 0.3) is 0 Å². The minimum absolute atomic E-state index is 0.00493. The number of aromatic hydroxyl groups is 1. The third kappa shape index (κ3) is 1.72. The fraction of sp³-hybridized carbons (Fsp3) is 0.455. The van der Waals surface area contributed by atoms with Crippen molar-refractivity contribution < 1.29 is 13.9 Å². The zero-order valence-electron chi connectivity index (χ0n) is 8.78. The number of benzene rings is 1. The van der Waals surface area contributed by atoms with Gasteiger partial charge in [0.1, 0.15) is 17.4 Å². The SMILES string of the molecule is CC1(c2c(F)cc(O)c(Br)c2F)CCCN1. The van der Waals surface area contributed by atoms with Crippen molar-refractivity contribution in [1.82, 2.24) is 5.32 Å². The number of halogens is 3. The van der Waals surface area contributed by atoms with E-state index in [1.807, 2.05) is 0 Å². The molecule has 1 heterocycles. The molecule has 0 saturated carbocycles. The smallest absolute Gasteiger partial charge is 0.149 e. The minimum Gasteiger partial charge on any atom is -0.507 e. The maximum atomic E-state index is 13.9. The predicted octanol–water partition coefficient (Wildman–Crippen LogP) is 3.03. The van der Waals surface area contributed by atoms with Crippen molar-refractivity contribution in [1.29, 1.82) is 0 Å². The fourth-order valence-corrected chi connectivity index (χ4v) is 2.51.